The van der Waals surface area contributed by atoms with Gasteiger partial charge >= 0.3 is 11.7 Å². The zero-order valence-electron chi connectivity index (χ0n) is 10.2. The lowest BCUT2D eigenvalue weighted by atomic mass is 10.2. The Kier molecular flexibility index (Phi) is 4.78. The Morgan fingerprint density at radius 2 is 2.33 bits per heavy atom. The van der Waals surface area contributed by atoms with E-state index in [1.165, 1.54) is 4.68 Å². The molecule has 18 heavy (non-hydrogen) atoms. The number of carboxylic acid groups (broad SMARTS) is 1. The standard InChI is InChI=1S/C10H15N3O5/c1-7(2)6-18-4-3-12-5-8(13(16)17)9(11-12)10(14)15/h5,7H,3-4,6H2,1-2H3,(H,14,15). The van der Waals surface area contributed by atoms with Crippen LogP contribution in [0.15, 0.2) is 6.20 Å². The molecule has 1 aromatic heterocycles. The van der Waals surface area contributed by atoms with Gasteiger partial charge in [-0.05, 0) is 5.92 Å². The van der Waals surface area contributed by atoms with Crippen molar-refractivity contribution in [3.63, 3.8) is 0 Å². The van der Waals surface area contributed by atoms with Gasteiger partial charge in [0.05, 0.1) is 18.1 Å². The second kappa shape index (κ2) is 6.10. The van der Waals surface area contributed by atoms with Crippen molar-refractivity contribution in [3.05, 3.63) is 22.0 Å². The molecule has 100 valence electrons. The van der Waals surface area contributed by atoms with E-state index >= 15 is 0 Å². The average Bonchev–Trinajstić information content (AvgIpc) is 2.68. The normalized spacial score (nSPS) is 10.8. The van der Waals surface area contributed by atoms with E-state index in [1.807, 2.05) is 13.8 Å². The Balaban J connectivity index is 2.65. The lowest BCUT2D eigenvalue weighted by molar-refractivity contribution is -0.385. The molecule has 0 saturated heterocycles. The first kappa shape index (κ1) is 14.1. The van der Waals surface area contributed by atoms with Gasteiger partial charge in [-0.15, -0.1) is 0 Å². The van der Waals surface area contributed by atoms with Gasteiger partial charge < -0.3 is 9.84 Å². The minimum Gasteiger partial charge on any atom is -0.476 e. The maximum Gasteiger partial charge on any atom is 0.363 e. The van der Waals surface area contributed by atoms with E-state index in [9.17, 15) is 14.9 Å². The largest absolute Gasteiger partial charge is 0.476 e. The van der Waals surface area contributed by atoms with Gasteiger partial charge in [0.2, 0.25) is 5.69 Å². The molecule has 0 aromatic carbocycles. The number of nitro groups is 1. The Hall–Kier alpha value is -1.96. The van der Waals surface area contributed by atoms with E-state index in [-0.39, 0.29) is 6.54 Å². The number of carbonyl (C=O) groups is 1. The number of nitrogens with zero attached hydrogens (tertiary/aromatic N) is 3. The summed E-state index contributed by atoms with van der Waals surface area (Å²) in [5.74, 6) is -1.02. The number of ether oxygens (including phenoxy) is 1. The van der Waals surface area contributed by atoms with Crippen LogP contribution < -0.4 is 0 Å². The molecule has 8 nitrogen and oxygen atoms in total. The zero-order chi connectivity index (χ0) is 13.7. The number of hydrogen-bond donors (Lipinski definition) is 1. The van der Waals surface area contributed by atoms with Crippen molar-refractivity contribution >= 4 is 11.7 Å². The highest BCUT2D eigenvalue weighted by Gasteiger charge is 2.24. The Morgan fingerprint density at radius 1 is 1.67 bits per heavy atom. The Morgan fingerprint density at radius 3 is 2.78 bits per heavy atom. The summed E-state index contributed by atoms with van der Waals surface area (Å²) < 4.78 is 6.50. The maximum absolute atomic E-state index is 10.7. The molecular formula is C10H15N3O5. The molecule has 0 bridgehead atoms. The molecule has 1 aromatic rings. The molecular weight excluding hydrogens is 242 g/mol. The van der Waals surface area contributed by atoms with Crippen LogP contribution in [0.25, 0.3) is 0 Å². The first-order valence-electron chi connectivity index (χ1n) is 5.44. The van der Waals surface area contributed by atoms with E-state index in [1.54, 1.807) is 0 Å². The van der Waals surface area contributed by atoms with Crippen molar-refractivity contribution in [1.82, 2.24) is 9.78 Å². The minimum absolute atomic E-state index is 0.279. The molecule has 0 unspecified atom stereocenters. The monoisotopic (exact) mass is 257 g/mol. The van der Waals surface area contributed by atoms with Gasteiger partial charge in [0, 0.05) is 6.61 Å². The lowest BCUT2D eigenvalue weighted by Gasteiger charge is -2.06. The summed E-state index contributed by atoms with van der Waals surface area (Å²) in [4.78, 5) is 20.6. The highest BCUT2D eigenvalue weighted by Crippen LogP contribution is 2.16. The van der Waals surface area contributed by atoms with Crippen molar-refractivity contribution < 1.29 is 19.6 Å². The molecule has 0 atom stereocenters. The Bertz CT molecular complexity index is 409. The number of aromatic carboxylic acids is 1. The molecule has 0 spiro atoms. The van der Waals surface area contributed by atoms with Crippen LogP contribution >= 0.6 is 0 Å². The summed E-state index contributed by atoms with van der Waals surface area (Å²) in [5, 5.41) is 23.0. The fraction of sp³-hybridized carbons (Fsp3) is 0.600. The summed E-state index contributed by atoms with van der Waals surface area (Å²) >= 11 is 0. The topological polar surface area (TPSA) is 107 Å². The fourth-order valence-electron chi connectivity index (χ4n) is 1.29. The lowest BCUT2D eigenvalue weighted by Crippen LogP contribution is -2.10. The van der Waals surface area contributed by atoms with Crippen LogP contribution in [-0.4, -0.2) is 39.0 Å². The van der Waals surface area contributed by atoms with Crippen molar-refractivity contribution in [2.75, 3.05) is 13.2 Å². The third-order valence-corrected chi connectivity index (χ3v) is 2.06. The highest BCUT2D eigenvalue weighted by atomic mass is 16.6. The molecule has 0 aliphatic carbocycles. The van der Waals surface area contributed by atoms with Crippen molar-refractivity contribution in [2.24, 2.45) is 5.92 Å². The number of carboxylic acids is 1. The second-order valence-corrected chi connectivity index (χ2v) is 4.16. The molecule has 0 saturated carbocycles. The van der Waals surface area contributed by atoms with Gasteiger partial charge in [-0.2, -0.15) is 5.10 Å². The summed E-state index contributed by atoms with van der Waals surface area (Å²) in [5.41, 5.74) is -1.06. The van der Waals surface area contributed by atoms with Crippen LogP contribution in [0, 0.1) is 16.0 Å². The molecule has 0 amide bonds. The van der Waals surface area contributed by atoms with Gasteiger partial charge in [0.25, 0.3) is 0 Å². The predicted molar refractivity (Wildman–Crippen MR) is 61.5 cm³/mol. The smallest absolute Gasteiger partial charge is 0.363 e. The molecule has 0 radical (unpaired) electrons. The second-order valence-electron chi connectivity index (χ2n) is 4.16. The summed E-state index contributed by atoms with van der Waals surface area (Å²) in [6.45, 7) is 5.19. The van der Waals surface area contributed by atoms with E-state index in [0.29, 0.717) is 19.1 Å². The van der Waals surface area contributed by atoms with E-state index < -0.39 is 22.3 Å². The predicted octanol–water partition coefficient (Wildman–Crippen LogP) is 1.16. The third kappa shape index (κ3) is 3.81. The minimum atomic E-state index is -1.41. The third-order valence-electron chi connectivity index (χ3n) is 2.06. The van der Waals surface area contributed by atoms with Gasteiger partial charge in [-0.25, -0.2) is 4.79 Å². The molecule has 0 aliphatic rings. The molecule has 8 heteroatoms. The van der Waals surface area contributed by atoms with Crippen LogP contribution in [0.3, 0.4) is 0 Å². The van der Waals surface area contributed by atoms with E-state index in [4.69, 9.17) is 9.84 Å². The fourth-order valence-corrected chi connectivity index (χ4v) is 1.29. The molecule has 0 fully saturated rings. The SMILES string of the molecule is CC(C)COCCn1cc([N+](=O)[O-])c(C(=O)O)n1. The van der Waals surface area contributed by atoms with Crippen LogP contribution in [0.5, 0.6) is 0 Å². The number of hydrogen-bond acceptors (Lipinski definition) is 5. The van der Waals surface area contributed by atoms with Crippen LogP contribution in [0.2, 0.25) is 0 Å². The summed E-state index contributed by atoms with van der Waals surface area (Å²) in [7, 11) is 0. The highest BCUT2D eigenvalue weighted by molar-refractivity contribution is 5.89. The summed E-state index contributed by atoms with van der Waals surface area (Å²) in [6, 6.07) is 0. The molecule has 1 heterocycles. The molecule has 1 N–H and O–H groups in total. The van der Waals surface area contributed by atoms with Crippen molar-refractivity contribution in [2.45, 2.75) is 20.4 Å². The first-order chi connectivity index (χ1) is 8.41. The molecule has 1 rings (SSSR count). The van der Waals surface area contributed by atoms with Gasteiger partial charge in [0.1, 0.15) is 6.20 Å². The number of rotatable bonds is 7. The van der Waals surface area contributed by atoms with E-state index in [2.05, 4.69) is 5.10 Å². The zero-order valence-corrected chi connectivity index (χ0v) is 10.2. The molecule has 0 aliphatic heterocycles. The van der Waals surface area contributed by atoms with Gasteiger partial charge in [0.15, 0.2) is 0 Å². The van der Waals surface area contributed by atoms with Gasteiger partial charge in [-0.1, -0.05) is 13.8 Å². The van der Waals surface area contributed by atoms with Crippen LogP contribution in [-0.2, 0) is 11.3 Å². The first-order valence-corrected chi connectivity index (χ1v) is 5.44. The summed E-state index contributed by atoms with van der Waals surface area (Å²) in [6.07, 6.45) is 1.10. The Labute approximate surface area is 103 Å². The quantitative estimate of drug-likeness (QED) is 0.446. The van der Waals surface area contributed by atoms with Crippen LogP contribution in [0.1, 0.15) is 24.3 Å². The maximum atomic E-state index is 10.7. The average molecular weight is 257 g/mol. The van der Waals surface area contributed by atoms with Gasteiger partial charge in [-0.3, -0.25) is 14.8 Å². The van der Waals surface area contributed by atoms with Crippen molar-refractivity contribution in [3.8, 4) is 0 Å². The van der Waals surface area contributed by atoms with E-state index in [0.717, 1.165) is 6.20 Å². The van der Waals surface area contributed by atoms with Crippen molar-refractivity contribution in [1.29, 1.82) is 0 Å². The number of aromatic nitrogens is 2. The van der Waals surface area contributed by atoms with Crippen LogP contribution in [0.4, 0.5) is 5.69 Å².